The molecule has 112 valence electrons. The topological polar surface area (TPSA) is 93.3 Å². The van der Waals surface area contributed by atoms with Crippen molar-refractivity contribution in [2.45, 2.75) is 25.8 Å². The molecule has 20 heavy (non-hydrogen) atoms. The van der Waals surface area contributed by atoms with Gasteiger partial charge in [0, 0.05) is 38.4 Å². The number of hydrogen-bond acceptors (Lipinski definition) is 5. The van der Waals surface area contributed by atoms with E-state index in [1.165, 1.54) is 13.4 Å². The van der Waals surface area contributed by atoms with Gasteiger partial charge in [-0.2, -0.15) is 0 Å². The Hall–Kier alpha value is -1.89. The van der Waals surface area contributed by atoms with Gasteiger partial charge in [0.25, 0.3) is 0 Å². The number of carbonyl (C=O) groups is 2. The van der Waals surface area contributed by atoms with Gasteiger partial charge in [-0.05, 0) is 5.92 Å². The van der Waals surface area contributed by atoms with Crippen LogP contribution in [0.15, 0.2) is 12.5 Å². The fourth-order valence-electron chi connectivity index (χ4n) is 1.86. The first-order chi connectivity index (χ1) is 9.56. The zero-order chi connectivity index (χ0) is 15.0. The number of imidazole rings is 1. The molecule has 0 saturated heterocycles. The van der Waals surface area contributed by atoms with E-state index in [9.17, 15) is 9.59 Å². The molecule has 0 radical (unpaired) electrons. The number of ether oxygens (including phenoxy) is 2. The fourth-order valence-corrected chi connectivity index (χ4v) is 1.86. The minimum absolute atomic E-state index is 0.0884. The summed E-state index contributed by atoms with van der Waals surface area (Å²) in [5.41, 5.74) is 0.755. The van der Waals surface area contributed by atoms with Crippen LogP contribution < -0.4 is 5.32 Å². The Morgan fingerprint density at radius 1 is 1.45 bits per heavy atom. The van der Waals surface area contributed by atoms with Gasteiger partial charge >= 0.3 is 5.97 Å². The van der Waals surface area contributed by atoms with Crippen molar-refractivity contribution >= 4 is 11.9 Å². The lowest BCUT2D eigenvalue weighted by atomic mass is 10.1. The van der Waals surface area contributed by atoms with Crippen molar-refractivity contribution in [3.05, 3.63) is 18.2 Å². The van der Waals surface area contributed by atoms with Crippen molar-refractivity contribution in [2.75, 3.05) is 20.8 Å². The predicted octanol–water partition coefficient (Wildman–Crippen LogP) is 0.283. The molecular weight excluding hydrogens is 262 g/mol. The standard InChI is InChI=1S/C13H21N3O4/c1-9(7-19-2)4-12(17)16-11(13(18)20-3)5-10-6-14-8-15-10/h6,8-9,11H,4-5,7H2,1-3H3,(H,14,15)(H,16,17)/t9?,11-/m0/s1. The summed E-state index contributed by atoms with van der Waals surface area (Å²) in [6, 6.07) is -0.720. The molecular formula is C13H21N3O4. The Morgan fingerprint density at radius 2 is 2.20 bits per heavy atom. The first-order valence-corrected chi connectivity index (χ1v) is 6.40. The summed E-state index contributed by atoms with van der Waals surface area (Å²) in [6.07, 6.45) is 3.74. The number of aromatic nitrogens is 2. The SMILES string of the molecule is COCC(C)CC(=O)N[C@@H](Cc1cnc[nH]1)C(=O)OC. The van der Waals surface area contributed by atoms with E-state index >= 15 is 0 Å². The van der Waals surface area contributed by atoms with Gasteiger partial charge in [0.1, 0.15) is 6.04 Å². The maximum Gasteiger partial charge on any atom is 0.328 e. The third-order valence-corrected chi connectivity index (χ3v) is 2.78. The van der Waals surface area contributed by atoms with Gasteiger partial charge in [0.15, 0.2) is 0 Å². The summed E-state index contributed by atoms with van der Waals surface area (Å²) in [5, 5.41) is 2.68. The van der Waals surface area contributed by atoms with Gasteiger partial charge in [-0.3, -0.25) is 4.79 Å². The zero-order valence-corrected chi connectivity index (χ0v) is 12.0. The molecule has 2 atom stereocenters. The summed E-state index contributed by atoms with van der Waals surface area (Å²) in [5.74, 6) is -0.595. The summed E-state index contributed by atoms with van der Waals surface area (Å²) < 4.78 is 9.68. The van der Waals surface area contributed by atoms with E-state index in [4.69, 9.17) is 9.47 Å². The van der Waals surface area contributed by atoms with Crippen LogP contribution in [0.1, 0.15) is 19.0 Å². The first kappa shape index (κ1) is 16.2. The molecule has 0 aliphatic heterocycles. The van der Waals surface area contributed by atoms with E-state index in [-0.39, 0.29) is 11.8 Å². The number of aromatic amines is 1. The number of rotatable bonds is 8. The van der Waals surface area contributed by atoms with E-state index < -0.39 is 12.0 Å². The highest BCUT2D eigenvalue weighted by Crippen LogP contribution is 2.05. The molecule has 0 aliphatic rings. The summed E-state index contributed by atoms with van der Waals surface area (Å²) in [7, 11) is 2.88. The molecule has 0 saturated carbocycles. The summed E-state index contributed by atoms with van der Waals surface area (Å²) in [4.78, 5) is 30.3. The van der Waals surface area contributed by atoms with Gasteiger partial charge in [-0.1, -0.05) is 6.92 Å². The van der Waals surface area contributed by atoms with Gasteiger partial charge in [-0.25, -0.2) is 9.78 Å². The van der Waals surface area contributed by atoms with Crippen LogP contribution in [0.2, 0.25) is 0 Å². The molecule has 2 N–H and O–H groups in total. The third kappa shape index (κ3) is 5.40. The molecule has 1 aromatic heterocycles. The molecule has 0 fully saturated rings. The average Bonchev–Trinajstić information content (AvgIpc) is 2.90. The lowest BCUT2D eigenvalue weighted by Gasteiger charge is -2.17. The van der Waals surface area contributed by atoms with Crippen LogP contribution in [-0.4, -0.2) is 48.7 Å². The highest BCUT2D eigenvalue weighted by Gasteiger charge is 2.23. The number of amides is 1. The second-order valence-corrected chi connectivity index (χ2v) is 4.69. The van der Waals surface area contributed by atoms with Crippen LogP contribution in [0.4, 0.5) is 0 Å². The van der Waals surface area contributed by atoms with Crippen LogP contribution in [0, 0.1) is 5.92 Å². The first-order valence-electron chi connectivity index (χ1n) is 6.40. The molecule has 1 amide bonds. The molecule has 0 spiro atoms. The van der Waals surface area contributed by atoms with E-state index in [1.807, 2.05) is 6.92 Å². The monoisotopic (exact) mass is 283 g/mol. The number of methoxy groups -OCH3 is 2. The van der Waals surface area contributed by atoms with Crippen molar-refractivity contribution < 1.29 is 19.1 Å². The molecule has 1 rings (SSSR count). The number of nitrogens with zero attached hydrogens (tertiary/aromatic N) is 1. The smallest absolute Gasteiger partial charge is 0.328 e. The van der Waals surface area contributed by atoms with Crippen LogP contribution in [0.25, 0.3) is 0 Å². The molecule has 7 heteroatoms. The summed E-state index contributed by atoms with van der Waals surface area (Å²) in [6.45, 7) is 2.40. The number of carbonyl (C=O) groups excluding carboxylic acids is 2. The van der Waals surface area contributed by atoms with E-state index in [0.717, 1.165) is 5.69 Å². The Balaban J connectivity index is 2.56. The quantitative estimate of drug-likeness (QED) is 0.669. The minimum atomic E-state index is -0.720. The third-order valence-electron chi connectivity index (χ3n) is 2.78. The largest absolute Gasteiger partial charge is 0.467 e. The highest BCUT2D eigenvalue weighted by atomic mass is 16.5. The number of esters is 1. The van der Waals surface area contributed by atoms with E-state index in [0.29, 0.717) is 19.4 Å². The van der Waals surface area contributed by atoms with Crippen molar-refractivity contribution in [1.29, 1.82) is 0 Å². The Bertz CT molecular complexity index is 419. The van der Waals surface area contributed by atoms with Crippen LogP contribution in [0.5, 0.6) is 0 Å². The Kier molecular flexibility index (Phi) is 6.72. The van der Waals surface area contributed by atoms with Crippen LogP contribution in [-0.2, 0) is 25.5 Å². The highest BCUT2D eigenvalue weighted by molar-refractivity contribution is 5.84. The predicted molar refractivity (Wildman–Crippen MR) is 71.9 cm³/mol. The number of nitrogens with one attached hydrogen (secondary N) is 2. The second kappa shape index (κ2) is 8.31. The molecule has 0 bridgehead atoms. The van der Waals surface area contributed by atoms with E-state index in [2.05, 4.69) is 15.3 Å². The maximum absolute atomic E-state index is 11.9. The lowest BCUT2D eigenvalue weighted by molar-refractivity contribution is -0.145. The lowest BCUT2D eigenvalue weighted by Crippen LogP contribution is -2.43. The van der Waals surface area contributed by atoms with Crippen molar-refractivity contribution in [1.82, 2.24) is 15.3 Å². The number of H-pyrrole nitrogens is 1. The molecule has 7 nitrogen and oxygen atoms in total. The minimum Gasteiger partial charge on any atom is -0.467 e. The Morgan fingerprint density at radius 3 is 2.75 bits per heavy atom. The van der Waals surface area contributed by atoms with Gasteiger partial charge in [0.05, 0.1) is 13.4 Å². The fraction of sp³-hybridized carbons (Fsp3) is 0.615. The van der Waals surface area contributed by atoms with Crippen molar-refractivity contribution in [3.8, 4) is 0 Å². The van der Waals surface area contributed by atoms with Crippen molar-refractivity contribution in [2.24, 2.45) is 5.92 Å². The molecule has 0 aromatic carbocycles. The van der Waals surface area contributed by atoms with Gasteiger partial charge in [-0.15, -0.1) is 0 Å². The summed E-state index contributed by atoms with van der Waals surface area (Å²) >= 11 is 0. The van der Waals surface area contributed by atoms with E-state index in [1.54, 1.807) is 13.3 Å². The molecule has 1 heterocycles. The average molecular weight is 283 g/mol. The van der Waals surface area contributed by atoms with Crippen LogP contribution in [0.3, 0.4) is 0 Å². The van der Waals surface area contributed by atoms with Crippen molar-refractivity contribution in [3.63, 3.8) is 0 Å². The normalized spacial score (nSPS) is 13.6. The zero-order valence-electron chi connectivity index (χ0n) is 12.0. The molecule has 0 aliphatic carbocycles. The van der Waals surface area contributed by atoms with Gasteiger partial charge in [0.2, 0.25) is 5.91 Å². The second-order valence-electron chi connectivity index (χ2n) is 4.69. The maximum atomic E-state index is 11.9. The molecule has 1 aromatic rings. The number of hydrogen-bond donors (Lipinski definition) is 2. The van der Waals surface area contributed by atoms with Gasteiger partial charge < -0.3 is 19.8 Å². The Labute approximate surface area is 118 Å². The molecule has 1 unspecified atom stereocenters. The van der Waals surface area contributed by atoms with Crippen LogP contribution >= 0.6 is 0 Å².